The molecular weight excluding hydrogens is 300 g/mol. The zero-order valence-electron chi connectivity index (χ0n) is 14.9. The number of rotatable bonds is 6. The summed E-state index contributed by atoms with van der Waals surface area (Å²) < 4.78 is 0. The van der Waals surface area contributed by atoms with Gasteiger partial charge in [0.15, 0.2) is 11.6 Å². The second kappa shape index (κ2) is 7.90. The Kier molecular flexibility index (Phi) is 5.90. The molecule has 0 saturated heterocycles. The molecule has 2 aromatic rings. The van der Waals surface area contributed by atoms with Crippen LogP contribution in [0.15, 0.2) is 36.4 Å². The molecule has 0 radical (unpaired) electrons. The van der Waals surface area contributed by atoms with E-state index in [1.165, 1.54) is 5.56 Å². The highest BCUT2D eigenvalue weighted by molar-refractivity contribution is 5.89. The van der Waals surface area contributed by atoms with E-state index in [9.17, 15) is 4.79 Å². The zero-order valence-corrected chi connectivity index (χ0v) is 14.9. The van der Waals surface area contributed by atoms with Crippen LogP contribution in [0.4, 0.5) is 17.3 Å². The van der Waals surface area contributed by atoms with E-state index in [2.05, 4.69) is 60.7 Å². The molecular formula is C19H26N4O. The van der Waals surface area contributed by atoms with Crippen molar-refractivity contribution in [3.05, 3.63) is 42.0 Å². The van der Waals surface area contributed by atoms with Crippen LogP contribution in [0.2, 0.25) is 0 Å². The van der Waals surface area contributed by atoms with Gasteiger partial charge in [0.2, 0.25) is 5.91 Å². The van der Waals surface area contributed by atoms with Crippen LogP contribution < -0.4 is 10.6 Å². The number of nitrogens with zero attached hydrogens (tertiary/aromatic N) is 2. The van der Waals surface area contributed by atoms with Crippen LogP contribution in [0.5, 0.6) is 0 Å². The van der Waals surface area contributed by atoms with Gasteiger partial charge in [-0.15, -0.1) is 10.2 Å². The van der Waals surface area contributed by atoms with Gasteiger partial charge in [-0.2, -0.15) is 0 Å². The maximum absolute atomic E-state index is 11.7. The third kappa shape index (κ3) is 5.33. The first-order valence-corrected chi connectivity index (χ1v) is 8.39. The van der Waals surface area contributed by atoms with Gasteiger partial charge < -0.3 is 10.6 Å². The molecule has 0 atom stereocenters. The van der Waals surface area contributed by atoms with E-state index in [1.54, 1.807) is 12.1 Å². The molecule has 2 rings (SSSR count). The quantitative estimate of drug-likeness (QED) is 0.811. The predicted octanol–water partition coefficient (Wildman–Crippen LogP) is 4.65. The summed E-state index contributed by atoms with van der Waals surface area (Å²) in [5.41, 5.74) is 2.37. The number of hydrogen-bond acceptors (Lipinski definition) is 4. The van der Waals surface area contributed by atoms with Crippen molar-refractivity contribution >= 4 is 23.2 Å². The number of aromatic nitrogens is 2. The van der Waals surface area contributed by atoms with Crippen molar-refractivity contribution in [2.45, 2.75) is 52.4 Å². The first kappa shape index (κ1) is 17.9. The smallest absolute Gasteiger partial charge is 0.225 e. The van der Waals surface area contributed by atoms with Crippen molar-refractivity contribution < 1.29 is 4.79 Å². The molecule has 1 aromatic carbocycles. The first-order chi connectivity index (χ1) is 11.4. The van der Waals surface area contributed by atoms with E-state index in [-0.39, 0.29) is 11.3 Å². The van der Waals surface area contributed by atoms with E-state index in [4.69, 9.17) is 0 Å². The van der Waals surface area contributed by atoms with Crippen molar-refractivity contribution in [2.24, 2.45) is 0 Å². The third-order valence-electron chi connectivity index (χ3n) is 3.71. The molecule has 2 N–H and O–H groups in total. The number of carbonyl (C=O) groups excluding carboxylic acids is 1. The van der Waals surface area contributed by atoms with E-state index < -0.39 is 0 Å². The number of benzene rings is 1. The first-order valence-electron chi connectivity index (χ1n) is 8.39. The minimum Gasteiger partial charge on any atom is -0.339 e. The summed E-state index contributed by atoms with van der Waals surface area (Å²) in [5, 5.41) is 14.1. The largest absolute Gasteiger partial charge is 0.339 e. The molecule has 0 bridgehead atoms. The molecule has 1 aromatic heterocycles. The number of nitrogens with one attached hydrogen (secondary N) is 2. The van der Waals surface area contributed by atoms with Gasteiger partial charge in [-0.3, -0.25) is 4.79 Å². The molecule has 24 heavy (non-hydrogen) atoms. The molecule has 5 nitrogen and oxygen atoms in total. The van der Waals surface area contributed by atoms with Crippen molar-refractivity contribution in [1.29, 1.82) is 0 Å². The van der Waals surface area contributed by atoms with Gasteiger partial charge in [-0.25, -0.2) is 0 Å². The molecule has 0 aliphatic rings. The van der Waals surface area contributed by atoms with Crippen LogP contribution in [0.3, 0.4) is 0 Å². The van der Waals surface area contributed by atoms with Gasteiger partial charge in [0.1, 0.15) is 0 Å². The SMILES string of the molecule is CCCCC(=O)Nc1ccc(Nc2ccc(C(C)(C)C)cc2)nn1. The van der Waals surface area contributed by atoms with Gasteiger partial charge in [0.25, 0.3) is 0 Å². The van der Waals surface area contributed by atoms with Gasteiger partial charge in [0.05, 0.1) is 0 Å². The lowest BCUT2D eigenvalue weighted by Gasteiger charge is -2.19. The summed E-state index contributed by atoms with van der Waals surface area (Å²) in [6.07, 6.45) is 2.39. The van der Waals surface area contributed by atoms with Gasteiger partial charge in [-0.05, 0) is 41.7 Å². The molecule has 0 unspecified atom stereocenters. The van der Waals surface area contributed by atoms with Crippen LogP contribution in [0.1, 0.15) is 52.5 Å². The Morgan fingerprint density at radius 3 is 2.17 bits per heavy atom. The summed E-state index contributed by atoms with van der Waals surface area (Å²) in [7, 11) is 0. The summed E-state index contributed by atoms with van der Waals surface area (Å²) in [6.45, 7) is 8.62. The average molecular weight is 326 g/mol. The molecule has 0 fully saturated rings. The van der Waals surface area contributed by atoms with Crippen molar-refractivity contribution in [1.82, 2.24) is 10.2 Å². The second-order valence-corrected chi connectivity index (χ2v) is 6.91. The van der Waals surface area contributed by atoms with E-state index >= 15 is 0 Å². The second-order valence-electron chi connectivity index (χ2n) is 6.91. The summed E-state index contributed by atoms with van der Waals surface area (Å²) in [4.78, 5) is 11.7. The molecule has 0 aliphatic carbocycles. The number of hydrogen-bond donors (Lipinski definition) is 2. The lowest BCUT2D eigenvalue weighted by atomic mass is 9.87. The van der Waals surface area contributed by atoms with E-state index in [0.717, 1.165) is 18.5 Å². The topological polar surface area (TPSA) is 66.9 Å². The number of anilines is 3. The summed E-state index contributed by atoms with van der Waals surface area (Å²) in [6, 6.07) is 11.8. The Labute approximate surface area is 143 Å². The van der Waals surface area contributed by atoms with E-state index in [1.807, 2.05) is 12.1 Å². The van der Waals surface area contributed by atoms with Crippen molar-refractivity contribution in [3.8, 4) is 0 Å². The molecule has 0 spiro atoms. The maximum Gasteiger partial charge on any atom is 0.225 e. The predicted molar refractivity (Wildman–Crippen MR) is 98.6 cm³/mol. The minimum absolute atomic E-state index is 0.0235. The minimum atomic E-state index is -0.0235. The lowest BCUT2D eigenvalue weighted by Crippen LogP contribution is -2.12. The monoisotopic (exact) mass is 326 g/mol. The van der Waals surface area contributed by atoms with Gasteiger partial charge in [-0.1, -0.05) is 46.2 Å². The molecule has 5 heteroatoms. The Morgan fingerprint density at radius 2 is 1.62 bits per heavy atom. The Morgan fingerprint density at radius 1 is 1.00 bits per heavy atom. The number of carbonyl (C=O) groups is 1. The highest BCUT2D eigenvalue weighted by Gasteiger charge is 2.12. The molecule has 0 aliphatic heterocycles. The molecule has 1 amide bonds. The van der Waals surface area contributed by atoms with Gasteiger partial charge >= 0.3 is 0 Å². The van der Waals surface area contributed by atoms with Crippen LogP contribution in [0, 0.1) is 0 Å². The van der Waals surface area contributed by atoms with E-state index in [0.29, 0.717) is 18.1 Å². The Balaban J connectivity index is 1.95. The normalized spacial score (nSPS) is 11.2. The zero-order chi connectivity index (χ0) is 17.6. The van der Waals surface area contributed by atoms with Crippen molar-refractivity contribution in [2.75, 3.05) is 10.6 Å². The Hall–Kier alpha value is -2.43. The van der Waals surface area contributed by atoms with Crippen LogP contribution in [0.25, 0.3) is 0 Å². The highest BCUT2D eigenvalue weighted by atomic mass is 16.1. The van der Waals surface area contributed by atoms with Crippen LogP contribution >= 0.6 is 0 Å². The number of unbranched alkanes of at least 4 members (excludes halogenated alkanes) is 1. The number of amides is 1. The average Bonchev–Trinajstić information content (AvgIpc) is 2.54. The fourth-order valence-electron chi connectivity index (χ4n) is 2.21. The van der Waals surface area contributed by atoms with Crippen LogP contribution in [-0.4, -0.2) is 16.1 Å². The fraction of sp³-hybridized carbons (Fsp3) is 0.421. The van der Waals surface area contributed by atoms with Crippen molar-refractivity contribution in [3.63, 3.8) is 0 Å². The summed E-state index contributed by atoms with van der Waals surface area (Å²) >= 11 is 0. The maximum atomic E-state index is 11.7. The fourth-order valence-corrected chi connectivity index (χ4v) is 2.21. The summed E-state index contributed by atoms with van der Waals surface area (Å²) in [5.74, 6) is 1.10. The Bertz CT molecular complexity index is 657. The third-order valence-corrected chi connectivity index (χ3v) is 3.71. The van der Waals surface area contributed by atoms with Gasteiger partial charge in [0, 0.05) is 12.1 Å². The highest BCUT2D eigenvalue weighted by Crippen LogP contribution is 2.24. The lowest BCUT2D eigenvalue weighted by molar-refractivity contribution is -0.116. The molecule has 0 saturated carbocycles. The standard InChI is InChI=1S/C19H26N4O/c1-5-6-7-18(24)21-17-13-12-16(22-23-17)20-15-10-8-14(9-11-15)19(2,3)4/h8-13H,5-7H2,1-4H3,(H,20,22)(H,21,23,24). The molecule has 1 heterocycles. The van der Waals surface area contributed by atoms with Crippen LogP contribution in [-0.2, 0) is 10.2 Å². The molecule has 128 valence electrons.